The molecule has 5 nitrogen and oxygen atoms in total. The number of amides is 3. The summed E-state index contributed by atoms with van der Waals surface area (Å²) < 4.78 is 0. The Balaban J connectivity index is 0.00000205. The molecule has 3 aliphatic rings. The molecule has 0 aromatic heterocycles. The van der Waals surface area contributed by atoms with Crippen LogP contribution in [0.5, 0.6) is 0 Å². The first-order valence-electron chi connectivity index (χ1n) is 9.44. The molecule has 2 fully saturated rings. The molecule has 1 saturated heterocycles. The van der Waals surface area contributed by atoms with Crippen molar-refractivity contribution in [3.05, 3.63) is 63.1 Å². The number of urea groups is 1. The molecule has 2 heterocycles. The third-order valence-corrected chi connectivity index (χ3v) is 6.36. The molecule has 0 radical (unpaired) electrons. The second-order valence-electron chi connectivity index (χ2n) is 7.62. The predicted molar refractivity (Wildman–Crippen MR) is 116 cm³/mol. The SMILES string of the molecule is Cl.O=C1CNC(=O)N1c1ccccc1C1CN(C2CC2)Cc2c(Cl)cc(Cl)cc21. The zero-order valence-corrected chi connectivity index (χ0v) is 17.9. The number of hydrogen-bond acceptors (Lipinski definition) is 3. The summed E-state index contributed by atoms with van der Waals surface area (Å²) in [5.41, 5.74) is 3.74. The van der Waals surface area contributed by atoms with Crippen molar-refractivity contribution < 1.29 is 9.59 Å². The molecule has 8 heteroatoms. The van der Waals surface area contributed by atoms with Crippen LogP contribution in [0.3, 0.4) is 0 Å². The lowest BCUT2D eigenvalue weighted by Gasteiger charge is -2.37. The molecule has 2 aromatic carbocycles. The van der Waals surface area contributed by atoms with Gasteiger partial charge in [0, 0.05) is 35.1 Å². The van der Waals surface area contributed by atoms with Crippen LogP contribution < -0.4 is 10.2 Å². The Morgan fingerprint density at radius 2 is 1.79 bits per heavy atom. The number of carbonyl (C=O) groups is 2. The van der Waals surface area contributed by atoms with Gasteiger partial charge in [0.25, 0.3) is 5.91 Å². The summed E-state index contributed by atoms with van der Waals surface area (Å²) in [4.78, 5) is 28.3. The molecular weight excluding hydrogens is 433 g/mol. The van der Waals surface area contributed by atoms with Gasteiger partial charge >= 0.3 is 6.03 Å². The van der Waals surface area contributed by atoms with Crippen LogP contribution in [0.4, 0.5) is 10.5 Å². The van der Waals surface area contributed by atoms with Crippen molar-refractivity contribution in [1.82, 2.24) is 10.2 Å². The fraction of sp³-hybridized carbons (Fsp3) is 0.333. The van der Waals surface area contributed by atoms with Gasteiger partial charge in [-0.3, -0.25) is 9.69 Å². The number of hydrogen-bond donors (Lipinski definition) is 1. The van der Waals surface area contributed by atoms with Gasteiger partial charge in [-0.05, 0) is 47.7 Å². The molecule has 3 amide bonds. The number of benzene rings is 2. The monoisotopic (exact) mass is 451 g/mol. The number of rotatable bonds is 3. The summed E-state index contributed by atoms with van der Waals surface area (Å²) in [7, 11) is 0. The highest BCUT2D eigenvalue weighted by atomic mass is 35.5. The van der Waals surface area contributed by atoms with Gasteiger partial charge in [0.15, 0.2) is 0 Å². The van der Waals surface area contributed by atoms with E-state index in [1.54, 1.807) is 6.07 Å². The minimum absolute atomic E-state index is 0. The van der Waals surface area contributed by atoms with Gasteiger partial charge in [-0.2, -0.15) is 0 Å². The molecule has 29 heavy (non-hydrogen) atoms. The van der Waals surface area contributed by atoms with Gasteiger partial charge in [0.2, 0.25) is 0 Å². The average molecular weight is 453 g/mol. The maximum atomic E-state index is 12.3. The first-order valence-corrected chi connectivity index (χ1v) is 10.2. The van der Waals surface area contributed by atoms with E-state index in [9.17, 15) is 9.59 Å². The Bertz CT molecular complexity index is 977. The molecule has 1 atom stereocenters. The van der Waals surface area contributed by atoms with Gasteiger partial charge in [0.1, 0.15) is 0 Å². The molecule has 2 aliphatic heterocycles. The summed E-state index contributed by atoms with van der Waals surface area (Å²) >= 11 is 12.9. The number of imide groups is 1. The smallest absolute Gasteiger partial charge is 0.328 e. The highest BCUT2D eigenvalue weighted by Gasteiger charge is 2.39. The number of para-hydroxylation sites is 1. The fourth-order valence-corrected chi connectivity index (χ4v) is 4.91. The van der Waals surface area contributed by atoms with E-state index in [2.05, 4.69) is 10.2 Å². The maximum Gasteiger partial charge on any atom is 0.329 e. The normalized spacial score (nSPS) is 21.6. The fourth-order valence-electron chi connectivity index (χ4n) is 4.34. The van der Waals surface area contributed by atoms with Crippen LogP contribution in [-0.4, -0.2) is 36.0 Å². The van der Waals surface area contributed by atoms with Gasteiger partial charge in [0.05, 0.1) is 12.2 Å². The lowest BCUT2D eigenvalue weighted by Crippen LogP contribution is -2.37. The summed E-state index contributed by atoms with van der Waals surface area (Å²) in [6.45, 7) is 1.65. The molecular formula is C21H20Cl3N3O2. The summed E-state index contributed by atoms with van der Waals surface area (Å²) in [6.07, 6.45) is 2.39. The minimum Gasteiger partial charge on any atom is -0.328 e. The van der Waals surface area contributed by atoms with Crippen LogP contribution in [0, 0.1) is 0 Å². The van der Waals surface area contributed by atoms with E-state index in [0.717, 1.165) is 29.8 Å². The predicted octanol–water partition coefficient (Wildman–Crippen LogP) is 4.58. The van der Waals surface area contributed by atoms with E-state index in [1.165, 1.54) is 17.7 Å². The van der Waals surface area contributed by atoms with Crippen molar-refractivity contribution in [1.29, 1.82) is 0 Å². The van der Waals surface area contributed by atoms with Gasteiger partial charge in [-0.15, -0.1) is 12.4 Å². The molecule has 152 valence electrons. The van der Waals surface area contributed by atoms with E-state index >= 15 is 0 Å². The quantitative estimate of drug-likeness (QED) is 0.694. The Hall–Kier alpha value is -1.79. The molecule has 1 aliphatic carbocycles. The molecule has 1 unspecified atom stereocenters. The lowest BCUT2D eigenvalue weighted by atomic mass is 9.83. The van der Waals surface area contributed by atoms with Crippen LogP contribution in [0.25, 0.3) is 0 Å². The number of nitrogens with one attached hydrogen (secondary N) is 1. The molecule has 1 saturated carbocycles. The molecule has 0 bridgehead atoms. The molecule has 5 rings (SSSR count). The topological polar surface area (TPSA) is 52.7 Å². The Labute approximate surface area is 185 Å². The van der Waals surface area contributed by atoms with Gasteiger partial charge in [-0.25, -0.2) is 9.69 Å². The number of nitrogens with zero attached hydrogens (tertiary/aromatic N) is 2. The summed E-state index contributed by atoms with van der Waals surface area (Å²) in [6, 6.07) is 11.6. The van der Waals surface area contributed by atoms with Crippen LogP contribution in [0.15, 0.2) is 36.4 Å². The Morgan fingerprint density at radius 1 is 1.03 bits per heavy atom. The van der Waals surface area contributed by atoms with Crippen molar-refractivity contribution in [3.8, 4) is 0 Å². The standard InChI is InChI=1S/C21H19Cl2N3O2.ClH/c22-12-7-15-16(10-25(13-5-6-13)11-17(15)18(23)8-12)14-3-1-2-4-19(14)26-20(27)9-24-21(26)28;/h1-4,7-8,13,16H,5-6,9-11H2,(H,24,28);1H. The van der Waals surface area contributed by atoms with Crippen molar-refractivity contribution >= 4 is 53.2 Å². The van der Waals surface area contributed by atoms with E-state index in [0.29, 0.717) is 21.8 Å². The second kappa shape index (κ2) is 7.80. The lowest BCUT2D eigenvalue weighted by molar-refractivity contribution is -0.115. The van der Waals surface area contributed by atoms with E-state index in [4.69, 9.17) is 23.2 Å². The molecule has 0 spiro atoms. The van der Waals surface area contributed by atoms with E-state index in [1.807, 2.05) is 30.3 Å². The first kappa shape index (κ1) is 20.5. The van der Waals surface area contributed by atoms with E-state index in [-0.39, 0.29) is 36.8 Å². The zero-order chi connectivity index (χ0) is 19.4. The largest absolute Gasteiger partial charge is 0.329 e. The van der Waals surface area contributed by atoms with Crippen molar-refractivity contribution in [2.45, 2.75) is 31.3 Å². The highest BCUT2D eigenvalue weighted by molar-refractivity contribution is 6.35. The third kappa shape index (κ3) is 3.61. The zero-order valence-electron chi connectivity index (χ0n) is 15.5. The molecule has 2 aromatic rings. The minimum atomic E-state index is -0.378. The van der Waals surface area contributed by atoms with Crippen molar-refractivity contribution in [2.24, 2.45) is 0 Å². The number of halogens is 3. The third-order valence-electron chi connectivity index (χ3n) is 5.81. The highest BCUT2D eigenvalue weighted by Crippen LogP contribution is 2.44. The van der Waals surface area contributed by atoms with E-state index < -0.39 is 0 Å². The number of carbonyl (C=O) groups excluding carboxylic acids is 2. The average Bonchev–Trinajstić information content (AvgIpc) is 3.47. The summed E-state index contributed by atoms with van der Waals surface area (Å²) in [5.74, 6) is -0.255. The van der Waals surface area contributed by atoms with Gasteiger partial charge < -0.3 is 5.32 Å². The van der Waals surface area contributed by atoms with Crippen LogP contribution in [0.1, 0.15) is 35.4 Å². The maximum absolute atomic E-state index is 12.3. The van der Waals surface area contributed by atoms with Crippen molar-refractivity contribution in [2.75, 3.05) is 18.0 Å². The van der Waals surface area contributed by atoms with Gasteiger partial charge in [-0.1, -0.05) is 41.4 Å². The number of fused-ring (bicyclic) bond motifs is 1. The van der Waals surface area contributed by atoms with Crippen LogP contribution in [0.2, 0.25) is 10.0 Å². The van der Waals surface area contributed by atoms with Crippen LogP contribution in [-0.2, 0) is 11.3 Å². The summed E-state index contributed by atoms with van der Waals surface area (Å²) in [5, 5.41) is 3.88. The van der Waals surface area contributed by atoms with Crippen molar-refractivity contribution in [3.63, 3.8) is 0 Å². The molecule has 1 N–H and O–H groups in total. The Kier molecular flexibility index (Phi) is 5.51. The first-order chi connectivity index (χ1) is 13.5. The Morgan fingerprint density at radius 3 is 2.48 bits per heavy atom. The second-order valence-corrected chi connectivity index (χ2v) is 8.46. The number of anilines is 1. The van der Waals surface area contributed by atoms with Crippen LogP contribution >= 0.6 is 35.6 Å².